The van der Waals surface area contributed by atoms with Crippen LogP contribution in [0.25, 0.3) is 0 Å². The van der Waals surface area contributed by atoms with Crippen molar-refractivity contribution in [1.82, 2.24) is 0 Å². The first-order chi connectivity index (χ1) is 11.0. The minimum atomic E-state index is -0.426. The molecule has 5 nitrogen and oxygen atoms in total. The van der Waals surface area contributed by atoms with Crippen LogP contribution in [0.4, 0.5) is 15.8 Å². The van der Waals surface area contributed by atoms with Crippen molar-refractivity contribution in [3.05, 3.63) is 58.3 Å². The highest BCUT2D eigenvalue weighted by Crippen LogP contribution is 2.20. The van der Waals surface area contributed by atoms with Gasteiger partial charge in [-0.1, -0.05) is 0 Å². The number of hydrogen-bond donors (Lipinski definition) is 2. The molecule has 0 bridgehead atoms. The maximum atomic E-state index is 13.0. The molecular formula is C16H14BrFN2O3. The Bertz CT molecular complexity index is 720. The molecule has 0 saturated heterocycles. The number of ether oxygens (including phenoxy) is 1. The second kappa shape index (κ2) is 7.85. The molecule has 0 aliphatic rings. The van der Waals surface area contributed by atoms with Crippen LogP contribution < -0.4 is 10.6 Å². The van der Waals surface area contributed by atoms with Crippen molar-refractivity contribution in [3.63, 3.8) is 0 Å². The van der Waals surface area contributed by atoms with E-state index in [9.17, 15) is 14.0 Å². The van der Waals surface area contributed by atoms with Crippen LogP contribution in [-0.2, 0) is 9.53 Å². The van der Waals surface area contributed by atoms with Crippen molar-refractivity contribution in [2.24, 2.45) is 0 Å². The Hall–Kier alpha value is -2.25. The van der Waals surface area contributed by atoms with Crippen LogP contribution in [0.2, 0.25) is 0 Å². The van der Waals surface area contributed by atoms with Crippen molar-refractivity contribution in [2.45, 2.75) is 0 Å². The number of hydrogen-bond acceptors (Lipinski definition) is 3. The largest absolute Gasteiger partial charge is 0.375 e. The number of carbonyl (C=O) groups is 2. The number of rotatable bonds is 5. The number of halogens is 2. The van der Waals surface area contributed by atoms with Crippen molar-refractivity contribution in [3.8, 4) is 0 Å². The number of anilines is 2. The Kier molecular flexibility index (Phi) is 5.84. The van der Waals surface area contributed by atoms with E-state index in [-0.39, 0.29) is 18.4 Å². The SMILES string of the molecule is COCC(=O)Nc1ccc(NC(=O)c2ccc(F)cc2Br)cc1. The highest BCUT2D eigenvalue weighted by Gasteiger charge is 2.11. The molecule has 0 unspecified atom stereocenters. The smallest absolute Gasteiger partial charge is 0.256 e. The molecule has 120 valence electrons. The van der Waals surface area contributed by atoms with Gasteiger partial charge in [-0.25, -0.2) is 4.39 Å². The Labute approximate surface area is 141 Å². The van der Waals surface area contributed by atoms with Crippen LogP contribution in [-0.4, -0.2) is 25.5 Å². The van der Waals surface area contributed by atoms with Gasteiger partial charge in [0.25, 0.3) is 5.91 Å². The van der Waals surface area contributed by atoms with Crippen molar-refractivity contribution in [1.29, 1.82) is 0 Å². The van der Waals surface area contributed by atoms with Gasteiger partial charge in [-0.15, -0.1) is 0 Å². The Morgan fingerprint density at radius 3 is 2.26 bits per heavy atom. The van der Waals surface area contributed by atoms with E-state index >= 15 is 0 Å². The van der Waals surface area contributed by atoms with Gasteiger partial charge in [0, 0.05) is 23.0 Å². The molecule has 0 heterocycles. The summed E-state index contributed by atoms with van der Waals surface area (Å²) in [5, 5.41) is 5.34. The summed E-state index contributed by atoms with van der Waals surface area (Å²) in [6.45, 7) is -0.0307. The number of amides is 2. The van der Waals surface area contributed by atoms with E-state index in [4.69, 9.17) is 4.74 Å². The fourth-order valence-corrected chi connectivity index (χ4v) is 2.37. The van der Waals surface area contributed by atoms with Gasteiger partial charge >= 0.3 is 0 Å². The lowest BCUT2D eigenvalue weighted by molar-refractivity contribution is -0.119. The molecule has 2 rings (SSSR count). The quantitative estimate of drug-likeness (QED) is 0.834. The molecule has 2 aromatic carbocycles. The molecule has 0 aromatic heterocycles. The topological polar surface area (TPSA) is 67.4 Å². The minimum Gasteiger partial charge on any atom is -0.375 e. The normalized spacial score (nSPS) is 10.2. The van der Waals surface area contributed by atoms with E-state index in [1.54, 1.807) is 24.3 Å². The zero-order chi connectivity index (χ0) is 16.8. The highest BCUT2D eigenvalue weighted by atomic mass is 79.9. The van der Waals surface area contributed by atoms with Crippen LogP contribution in [0, 0.1) is 5.82 Å². The number of carbonyl (C=O) groups excluding carboxylic acids is 2. The summed E-state index contributed by atoms with van der Waals surface area (Å²) in [7, 11) is 1.44. The third kappa shape index (κ3) is 4.87. The first kappa shape index (κ1) is 17.1. The molecule has 0 fully saturated rings. The van der Waals surface area contributed by atoms with Gasteiger partial charge in [-0.3, -0.25) is 9.59 Å². The van der Waals surface area contributed by atoms with E-state index in [0.717, 1.165) is 0 Å². The van der Waals surface area contributed by atoms with Gasteiger partial charge in [0.1, 0.15) is 12.4 Å². The fraction of sp³-hybridized carbons (Fsp3) is 0.125. The Morgan fingerprint density at radius 1 is 1.09 bits per heavy atom. The third-order valence-electron chi connectivity index (χ3n) is 2.88. The van der Waals surface area contributed by atoms with E-state index in [0.29, 0.717) is 21.4 Å². The second-order valence-electron chi connectivity index (χ2n) is 4.64. The fourth-order valence-electron chi connectivity index (χ4n) is 1.84. The molecule has 23 heavy (non-hydrogen) atoms. The summed E-state index contributed by atoms with van der Waals surface area (Å²) in [5.74, 6) is -1.06. The monoisotopic (exact) mass is 380 g/mol. The van der Waals surface area contributed by atoms with Crippen LogP contribution in [0.5, 0.6) is 0 Å². The van der Waals surface area contributed by atoms with E-state index in [1.807, 2.05) is 0 Å². The van der Waals surface area contributed by atoms with E-state index in [2.05, 4.69) is 26.6 Å². The molecule has 2 aromatic rings. The molecule has 0 radical (unpaired) electrons. The lowest BCUT2D eigenvalue weighted by Crippen LogP contribution is -2.17. The van der Waals surface area contributed by atoms with Gasteiger partial charge in [-0.2, -0.15) is 0 Å². The predicted octanol–water partition coefficient (Wildman–Crippen LogP) is 3.43. The molecule has 0 spiro atoms. The van der Waals surface area contributed by atoms with Crippen LogP contribution in [0.3, 0.4) is 0 Å². The average Bonchev–Trinajstić information content (AvgIpc) is 2.49. The zero-order valence-corrected chi connectivity index (χ0v) is 13.8. The summed E-state index contributed by atoms with van der Waals surface area (Å²) in [6.07, 6.45) is 0. The highest BCUT2D eigenvalue weighted by molar-refractivity contribution is 9.10. The summed E-state index contributed by atoms with van der Waals surface area (Å²) < 4.78 is 18.1. The number of benzene rings is 2. The van der Waals surface area contributed by atoms with Crippen molar-refractivity contribution < 1.29 is 18.7 Å². The Balaban J connectivity index is 2.03. The average molecular weight is 381 g/mol. The standard InChI is InChI=1S/C16H14BrFN2O3/c1-23-9-15(21)19-11-3-5-12(6-4-11)20-16(22)13-7-2-10(18)8-14(13)17/h2-8H,9H2,1H3,(H,19,21)(H,20,22). The molecule has 0 saturated carbocycles. The zero-order valence-electron chi connectivity index (χ0n) is 12.2. The van der Waals surface area contributed by atoms with Gasteiger partial charge in [0.05, 0.1) is 5.56 Å². The van der Waals surface area contributed by atoms with Crippen LogP contribution >= 0.6 is 15.9 Å². The molecule has 0 aliphatic heterocycles. The summed E-state index contributed by atoms with van der Waals surface area (Å²) in [6, 6.07) is 10.5. The number of methoxy groups -OCH3 is 1. The first-order valence-corrected chi connectivity index (χ1v) is 7.44. The van der Waals surface area contributed by atoms with Crippen LogP contribution in [0.1, 0.15) is 10.4 Å². The summed E-state index contributed by atoms with van der Waals surface area (Å²) in [4.78, 5) is 23.5. The second-order valence-corrected chi connectivity index (χ2v) is 5.49. The first-order valence-electron chi connectivity index (χ1n) is 6.65. The lowest BCUT2D eigenvalue weighted by Gasteiger charge is -2.09. The number of nitrogens with one attached hydrogen (secondary N) is 2. The maximum Gasteiger partial charge on any atom is 0.256 e. The molecule has 7 heteroatoms. The van der Waals surface area contributed by atoms with Gasteiger partial charge in [-0.05, 0) is 58.4 Å². The maximum absolute atomic E-state index is 13.0. The molecule has 0 atom stereocenters. The minimum absolute atomic E-state index is 0.0307. The third-order valence-corrected chi connectivity index (χ3v) is 3.53. The van der Waals surface area contributed by atoms with E-state index < -0.39 is 5.82 Å². The summed E-state index contributed by atoms with van der Waals surface area (Å²) >= 11 is 3.15. The molecule has 0 aliphatic carbocycles. The Morgan fingerprint density at radius 2 is 1.70 bits per heavy atom. The molecular weight excluding hydrogens is 367 g/mol. The van der Waals surface area contributed by atoms with Crippen molar-refractivity contribution in [2.75, 3.05) is 24.4 Å². The predicted molar refractivity (Wildman–Crippen MR) is 89.0 cm³/mol. The molecule has 2 N–H and O–H groups in total. The van der Waals surface area contributed by atoms with Crippen molar-refractivity contribution >= 4 is 39.1 Å². The van der Waals surface area contributed by atoms with E-state index in [1.165, 1.54) is 25.3 Å². The van der Waals surface area contributed by atoms with Gasteiger partial charge in [0.15, 0.2) is 0 Å². The van der Waals surface area contributed by atoms with Gasteiger partial charge < -0.3 is 15.4 Å². The lowest BCUT2D eigenvalue weighted by atomic mass is 10.2. The summed E-state index contributed by atoms with van der Waals surface area (Å²) in [5.41, 5.74) is 1.47. The molecule has 2 amide bonds. The van der Waals surface area contributed by atoms with Crippen LogP contribution in [0.15, 0.2) is 46.9 Å². The van der Waals surface area contributed by atoms with Gasteiger partial charge in [0.2, 0.25) is 5.91 Å².